The molecule has 2 rings (SSSR count). The fourth-order valence-electron chi connectivity index (χ4n) is 2.04. The van der Waals surface area contributed by atoms with Crippen molar-refractivity contribution in [2.24, 2.45) is 5.73 Å². The lowest BCUT2D eigenvalue weighted by Gasteiger charge is -2.36. The molecule has 1 aromatic heterocycles. The number of hydrogen-bond donors (Lipinski definition) is 2. The van der Waals surface area contributed by atoms with Gasteiger partial charge in [-0.3, -0.25) is 10.00 Å². The number of nitrogens with one attached hydrogen (secondary N) is 1. The number of rotatable bonds is 4. The van der Waals surface area contributed by atoms with Crippen molar-refractivity contribution in [2.45, 2.75) is 18.0 Å². The van der Waals surface area contributed by atoms with Gasteiger partial charge < -0.3 is 5.73 Å². The van der Waals surface area contributed by atoms with E-state index in [2.05, 4.69) is 15.1 Å². The van der Waals surface area contributed by atoms with Gasteiger partial charge in [-0.1, -0.05) is 12.2 Å². The van der Waals surface area contributed by atoms with E-state index in [-0.39, 0.29) is 11.1 Å². The highest BCUT2D eigenvalue weighted by atomic mass is 32.2. The Morgan fingerprint density at radius 1 is 1.47 bits per heavy atom. The maximum atomic E-state index is 12.2. The molecule has 0 aliphatic carbocycles. The van der Waals surface area contributed by atoms with Crippen molar-refractivity contribution in [3.8, 4) is 0 Å². The Bertz CT molecular complexity index is 534. The van der Waals surface area contributed by atoms with E-state index < -0.39 is 10.0 Å². The van der Waals surface area contributed by atoms with Crippen molar-refractivity contribution in [2.75, 3.05) is 26.2 Å². The van der Waals surface area contributed by atoms with Gasteiger partial charge in [-0.25, -0.2) is 8.42 Å². The van der Waals surface area contributed by atoms with Crippen LogP contribution in [0.3, 0.4) is 0 Å². The largest absolute Gasteiger partial charge is 0.392 e. The van der Waals surface area contributed by atoms with Crippen molar-refractivity contribution in [1.82, 2.24) is 19.4 Å². The van der Waals surface area contributed by atoms with Crippen LogP contribution in [0.2, 0.25) is 0 Å². The number of aromatic nitrogens is 2. The van der Waals surface area contributed by atoms with Crippen LogP contribution in [0, 0.1) is 0 Å². The number of nitrogens with zero attached hydrogens (tertiary/aromatic N) is 3. The van der Waals surface area contributed by atoms with Gasteiger partial charge in [-0.15, -0.1) is 0 Å². The standard InChI is InChI=1S/C10H17N5O2S2/c1-8(10(11)18)14-4-6-15(7-5-14)19(16,17)9-2-3-12-13-9/h2-3,8H,4-7H2,1H3,(H2,11,18)(H,12,13). The summed E-state index contributed by atoms with van der Waals surface area (Å²) in [6.07, 6.45) is 1.43. The zero-order valence-corrected chi connectivity index (χ0v) is 12.2. The molecule has 1 aliphatic rings. The van der Waals surface area contributed by atoms with Gasteiger partial charge in [0.2, 0.25) is 0 Å². The minimum Gasteiger partial charge on any atom is -0.392 e. The molecule has 0 saturated carbocycles. The summed E-state index contributed by atoms with van der Waals surface area (Å²) < 4.78 is 25.9. The van der Waals surface area contributed by atoms with Crippen LogP contribution in [0.25, 0.3) is 0 Å². The summed E-state index contributed by atoms with van der Waals surface area (Å²) in [5.74, 6) is 0. The lowest BCUT2D eigenvalue weighted by molar-refractivity contribution is 0.174. The summed E-state index contributed by atoms with van der Waals surface area (Å²) >= 11 is 4.96. The number of sulfonamides is 1. The Hall–Kier alpha value is -1.03. The van der Waals surface area contributed by atoms with Gasteiger partial charge in [0.05, 0.1) is 17.2 Å². The zero-order chi connectivity index (χ0) is 14.0. The first-order valence-electron chi connectivity index (χ1n) is 5.96. The lowest BCUT2D eigenvalue weighted by atomic mass is 10.2. The average Bonchev–Trinajstić information content (AvgIpc) is 2.92. The van der Waals surface area contributed by atoms with Crippen molar-refractivity contribution < 1.29 is 8.42 Å². The molecule has 3 N–H and O–H groups in total. The molecule has 0 radical (unpaired) electrons. The monoisotopic (exact) mass is 303 g/mol. The van der Waals surface area contributed by atoms with E-state index in [1.165, 1.54) is 16.6 Å². The van der Waals surface area contributed by atoms with E-state index in [1.807, 2.05) is 6.92 Å². The number of nitrogens with two attached hydrogens (primary N) is 1. The molecule has 0 spiro atoms. The fraction of sp³-hybridized carbons (Fsp3) is 0.600. The van der Waals surface area contributed by atoms with Gasteiger partial charge >= 0.3 is 0 Å². The van der Waals surface area contributed by atoms with Crippen LogP contribution < -0.4 is 5.73 Å². The van der Waals surface area contributed by atoms with Crippen molar-refractivity contribution >= 4 is 27.2 Å². The third-order valence-corrected chi connectivity index (χ3v) is 5.50. The maximum Gasteiger partial charge on any atom is 0.260 e. The highest BCUT2D eigenvalue weighted by molar-refractivity contribution is 7.89. The maximum absolute atomic E-state index is 12.2. The molecule has 1 fully saturated rings. The van der Waals surface area contributed by atoms with Crippen LogP contribution in [-0.2, 0) is 10.0 Å². The molecule has 19 heavy (non-hydrogen) atoms. The third-order valence-electron chi connectivity index (χ3n) is 3.33. The van der Waals surface area contributed by atoms with Gasteiger partial charge in [0.15, 0.2) is 5.03 Å². The summed E-state index contributed by atoms with van der Waals surface area (Å²) in [5.41, 5.74) is 5.61. The van der Waals surface area contributed by atoms with Gasteiger partial charge in [0, 0.05) is 26.2 Å². The van der Waals surface area contributed by atoms with E-state index in [0.717, 1.165) is 0 Å². The molecule has 0 bridgehead atoms. The first kappa shape index (κ1) is 14.4. The first-order valence-corrected chi connectivity index (χ1v) is 7.80. The normalized spacial score (nSPS) is 20.3. The van der Waals surface area contributed by atoms with Gasteiger partial charge in [-0.2, -0.15) is 9.40 Å². The Morgan fingerprint density at radius 2 is 2.11 bits per heavy atom. The van der Waals surface area contributed by atoms with Gasteiger partial charge in [0.25, 0.3) is 10.0 Å². The summed E-state index contributed by atoms with van der Waals surface area (Å²) in [7, 11) is -3.46. The van der Waals surface area contributed by atoms with Crippen LogP contribution in [-0.4, -0.2) is 65.0 Å². The molecule has 2 heterocycles. The van der Waals surface area contributed by atoms with E-state index in [4.69, 9.17) is 18.0 Å². The average molecular weight is 303 g/mol. The number of H-pyrrole nitrogens is 1. The summed E-state index contributed by atoms with van der Waals surface area (Å²) in [4.78, 5) is 2.52. The van der Waals surface area contributed by atoms with E-state index in [9.17, 15) is 8.42 Å². The number of thiocarbonyl (C=S) groups is 1. The Kier molecular flexibility index (Phi) is 4.19. The smallest absolute Gasteiger partial charge is 0.260 e. The quantitative estimate of drug-likeness (QED) is 0.721. The molecule has 0 aromatic carbocycles. The van der Waals surface area contributed by atoms with E-state index in [0.29, 0.717) is 31.2 Å². The second kappa shape index (κ2) is 5.53. The Labute approximate surface area is 117 Å². The van der Waals surface area contributed by atoms with Crippen LogP contribution >= 0.6 is 12.2 Å². The topological polar surface area (TPSA) is 95.3 Å². The van der Waals surface area contributed by atoms with Crippen molar-refractivity contribution in [3.05, 3.63) is 12.3 Å². The van der Waals surface area contributed by atoms with E-state index in [1.54, 1.807) is 0 Å². The van der Waals surface area contributed by atoms with Crippen molar-refractivity contribution in [1.29, 1.82) is 0 Å². The molecular formula is C10H17N5O2S2. The molecule has 106 valence electrons. The fourth-order valence-corrected chi connectivity index (χ4v) is 3.51. The highest BCUT2D eigenvalue weighted by Gasteiger charge is 2.31. The molecule has 1 saturated heterocycles. The number of aromatic amines is 1. The molecule has 0 amide bonds. The van der Waals surface area contributed by atoms with Gasteiger partial charge in [0.1, 0.15) is 0 Å². The lowest BCUT2D eigenvalue weighted by Crippen LogP contribution is -2.53. The number of hydrogen-bond acceptors (Lipinski definition) is 5. The van der Waals surface area contributed by atoms with Crippen molar-refractivity contribution in [3.63, 3.8) is 0 Å². The predicted octanol–water partition coefficient (Wildman–Crippen LogP) is -0.609. The van der Waals surface area contributed by atoms with Crippen LogP contribution in [0.15, 0.2) is 17.3 Å². The molecule has 1 unspecified atom stereocenters. The first-order chi connectivity index (χ1) is 8.93. The molecule has 1 aliphatic heterocycles. The summed E-state index contributed by atoms with van der Waals surface area (Å²) in [6, 6.07) is 1.45. The molecule has 1 atom stereocenters. The summed E-state index contributed by atoms with van der Waals surface area (Å²) in [6.45, 7) is 4.02. The van der Waals surface area contributed by atoms with Gasteiger partial charge in [-0.05, 0) is 13.0 Å². The van der Waals surface area contributed by atoms with Crippen LogP contribution in [0.4, 0.5) is 0 Å². The third kappa shape index (κ3) is 2.94. The zero-order valence-electron chi connectivity index (χ0n) is 10.6. The molecule has 7 nitrogen and oxygen atoms in total. The Morgan fingerprint density at radius 3 is 2.58 bits per heavy atom. The minimum absolute atomic E-state index is 0.00740. The minimum atomic E-state index is -3.46. The Balaban J connectivity index is 2.03. The summed E-state index contributed by atoms with van der Waals surface area (Å²) in [5, 5.41) is 6.30. The van der Waals surface area contributed by atoms with Crippen LogP contribution in [0.5, 0.6) is 0 Å². The predicted molar refractivity (Wildman–Crippen MR) is 75.2 cm³/mol. The number of piperazine rings is 1. The second-order valence-electron chi connectivity index (χ2n) is 4.44. The second-order valence-corrected chi connectivity index (χ2v) is 6.82. The van der Waals surface area contributed by atoms with Crippen LogP contribution in [0.1, 0.15) is 6.92 Å². The SMILES string of the molecule is CC(C(N)=S)N1CCN(S(=O)(=O)c2ccn[nH]2)CC1. The molecule has 9 heteroatoms. The highest BCUT2D eigenvalue weighted by Crippen LogP contribution is 2.16. The van der Waals surface area contributed by atoms with E-state index >= 15 is 0 Å². The molecular weight excluding hydrogens is 286 g/mol. The molecule has 1 aromatic rings.